The van der Waals surface area contributed by atoms with Gasteiger partial charge in [-0.2, -0.15) is 11.8 Å². The van der Waals surface area contributed by atoms with Gasteiger partial charge < -0.3 is 15.4 Å². The fourth-order valence-electron chi connectivity index (χ4n) is 2.40. The Balaban J connectivity index is 1.66. The number of rotatable bonds is 4. The normalized spacial score (nSPS) is 30.4. The van der Waals surface area contributed by atoms with Crippen molar-refractivity contribution < 1.29 is 9.53 Å². The summed E-state index contributed by atoms with van der Waals surface area (Å²) in [7, 11) is 1.70. The number of amides is 1. The molecule has 0 bridgehead atoms. The second-order valence-electron chi connectivity index (χ2n) is 4.86. The minimum absolute atomic E-state index is 0.0575. The summed E-state index contributed by atoms with van der Waals surface area (Å²) < 4.78 is 5.24. The molecule has 2 fully saturated rings. The van der Waals surface area contributed by atoms with E-state index in [1.54, 1.807) is 7.11 Å². The maximum Gasteiger partial charge on any atom is 0.237 e. The first-order valence-electron chi connectivity index (χ1n) is 6.41. The molecule has 98 valence electrons. The van der Waals surface area contributed by atoms with Gasteiger partial charge in [0.15, 0.2) is 0 Å². The number of nitrogens with one attached hydrogen (secondary N) is 2. The van der Waals surface area contributed by atoms with Crippen LogP contribution < -0.4 is 10.6 Å². The number of ether oxygens (including phenoxy) is 1. The monoisotopic (exact) mass is 258 g/mol. The summed E-state index contributed by atoms with van der Waals surface area (Å²) >= 11 is 2.02. The molecule has 0 aromatic carbocycles. The van der Waals surface area contributed by atoms with Crippen LogP contribution in [-0.4, -0.2) is 49.8 Å². The van der Waals surface area contributed by atoms with Crippen molar-refractivity contribution in [2.75, 3.05) is 31.7 Å². The van der Waals surface area contributed by atoms with E-state index in [0.29, 0.717) is 5.92 Å². The first kappa shape index (κ1) is 13.2. The second-order valence-corrected chi connectivity index (χ2v) is 6.08. The Morgan fingerprint density at radius 1 is 1.47 bits per heavy atom. The summed E-state index contributed by atoms with van der Waals surface area (Å²) in [6.45, 7) is 1.63. The van der Waals surface area contributed by atoms with Crippen molar-refractivity contribution in [1.82, 2.24) is 10.6 Å². The molecule has 0 aromatic rings. The summed E-state index contributed by atoms with van der Waals surface area (Å²) in [6.07, 6.45) is 3.47. The summed E-state index contributed by atoms with van der Waals surface area (Å²) in [4.78, 5) is 11.9. The lowest BCUT2D eigenvalue weighted by Crippen LogP contribution is -2.42. The Kier molecular flexibility index (Phi) is 5.13. The van der Waals surface area contributed by atoms with Gasteiger partial charge in [-0.3, -0.25) is 4.79 Å². The predicted octanol–water partition coefficient (Wildman–Crippen LogP) is 0.623. The molecule has 0 aliphatic carbocycles. The number of methoxy groups -OCH3 is 1. The van der Waals surface area contributed by atoms with Crippen LogP contribution in [0.15, 0.2) is 0 Å². The van der Waals surface area contributed by atoms with Gasteiger partial charge >= 0.3 is 0 Å². The van der Waals surface area contributed by atoms with Gasteiger partial charge in [-0.1, -0.05) is 0 Å². The second kappa shape index (κ2) is 6.61. The SMILES string of the molecule is COC1CNC(C(=O)NCC2CCSCC2)C1. The number of carbonyl (C=O) groups is 1. The molecule has 0 saturated carbocycles. The van der Waals surface area contributed by atoms with E-state index in [9.17, 15) is 4.79 Å². The van der Waals surface area contributed by atoms with Crippen LogP contribution in [0.1, 0.15) is 19.3 Å². The minimum atomic E-state index is -0.0575. The molecule has 2 unspecified atom stereocenters. The molecular weight excluding hydrogens is 236 g/mol. The molecule has 0 spiro atoms. The highest BCUT2D eigenvalue weighted by Gasteiger charge is 2.29. The van der Waals surface area contributed by atoms with Crippen molar-refractivity contribution in [3.05, 3.63) is 0 Å². The van der Waals surface area contributed by atoms with Gasteiger partial charge in [0.05, 0.1) is 12.1 Å². The van der Waals surface area contributed by atoms with E-state index < -0.39 is 0 Å². The van der Waals surface area contributed by atoms with Crippen LogP contribution in [0.25, 0.3) is 0 Å². The lowest BCUT2D eigenvalue weighted by atomic mass is 10.0. The van der Waals surface area contributed by atoms with Gasteiger partial charge in [0.2, 0.25) is 5.91 Å². The standard InChI is InChI=1S/C12H22N2O2S/c1-16-10-6-11(13-8-10)12(15)14-7-9-2-4-17-5-3-9/h9-11,13H,2-8H2,1H3,(H,14,15). The predicted molar refractivity (Wildman–Crippen MR) is 70.3 cm³/mol. The third-order valence-corrected chi connectivity index (χ3v) is 4.69. The Morgan fingerprint density at radius 3 is 2.88 bits per heavy atom. The van der Waals surface area contributed by atoms with E-state index in [1.807, 2.05) is 11.8 Å². The van der Waals surface area contributed by atoms with Gasteiger partial charge in [0.25, 0.3) is 0 Å². The molecule has 1 amide bonds. The molecule has 2 aliphatic heterocycles. The molecule has 2 saturated heterocycles. The molecular formula is C12H22N2O2S. The third kappa shape index (κ3) is 3.86. The molecule has 2 rings (SSSR count). The fourth-order valence-corrected chi connectivity index (χ4v) is 3.61. The van der Waals surface area contributed by atoms with Gasteiger partial charge in [-0.05, 0) is 36.7 Å². The first-order valence-corrected chi connectivity index (χ1v) is 7.56. The van der Waals surface area contributed by atoms with Gasteiger partial charge in [-0.25, -0.2) is 0 Å². The summed E-state index contributed by atoms with van der Waals surface area (Å²) in [6, 6.07) is -0.0575. The lowest BCUT2D eigenvalue weighted by Gasteiger charge is -2.22. The van der Waals surface area contributed by atoms with Crippen molar-refractivity contribution in [3.63, 3.8) is 0 Å². The van der Waals surface area contributed by atoms with E-state index in [2.05, 4.69) is 10.6 Å². The van der Waals surface area contributed by atoms with Crippen LogP contribution in [0.5, 0.6) is 0 Å². The molecule has 2 aliphatic rings. The Morgan fingerprint density at radius 2 is 2.24 bits per heavy atom. The zero-order valence-electron chi connectivity index (χ0n) is 10.4. The van der Waals surface area contributed by atoms with E-state index in [4.69, 9.17) is 4.74 Å². The zero-order valence-corrected chi connectivity index (χ0v) is 11.2. The Hall–Kier alpha value is -0.260. The van der Waals surface area contributed by atoms with Crippen LogP contribution in [0, 0.1) is 5.92 Å². The van der Waals surface area contributed by atoms with Crippen molar-refractivity contribution in [2.45, 2.75) is 31.4 Å². The quantitative estimate of drug-likeness (QED) is 0.776. The van der Waals surface area contributed by atoms with Crippen LogP contribution in [0.3, 0.4) is 0 Å². The highest BCUT2D eigenvalue weighted by Crippen LogP contribution is 2.22. The number of hydrogen-bond donors (Lipinski definition) is 2. The highest BCUT2D eigenvalue weighted by atomic mass is 32.2. The van der Waals surface area contributed by atoms with Crippen molar-refractivity contribution >= 4 is 17.7 Å². The molecule has 2 atom stereocenters. The molecule has 0 aromatic heterocycles. The van der Waals surface area contributed by atoms with Crippen LogP contribution >= 0.6 is 11.8 Å². The molecule has 17 heavy (non-hydrogen) atoms. The van der Waals surface area contributed by atoms with E-state index in [0.717, 1.165) is 19.5 Å². The van der Waals surface area contributed by atoms with E-state index >= 15 is 0 Å². The topological polar surface area (TPSA) is 50.4 Å². The smallest absolute Gasteiger partial charge is 0.237 e. The van der Waals surface area contributed by atoms with Crippen LogP contribution in [0.2, 0.25) is 0 Å². The van der Waals surface area contributed by atoms with E-state index in [1.165, 1.54) is 24.3 Å². The zero-order chi connectivity index (χ0) is 12.1. The summed E-state index contributed by atoms with van der Waals surface area (Å²) in [5, 5.41) is 6.28. The number of hydrogen-bond acceptors (Lipinski definition) is 4. The molecule has 4 nitrogen and oxygen atoms in total. The lowest BCUT2D eigenvalue weighted by molar-refractivity contribution is -0.123. The number of thioether (sulfide) groups is 1. The Labute approximate surface area is 107 Å². The number of carbonyl (C=O) groups excluding carboxylic acids is 1. The fraction of sp³-hybridized carbons (Fsp3) is 0.917. The average molecular weight is 258 g/mol. The summed E-state index contributed by atoms with van der Waals surface area (Å²) in [5.41, 5.74) is 0. The maximum absolute atomic E-state index is 11.9. The maximum atomic E-state index is 11.9. The average Bonchev–Trinajstić information content (AvgIpc) is 2.86. The minimum Gasteiger partial charge on any atom is -0.380 e. The van der Waals surface area contributed by atoms with Crippen molar-refractivity contribution in [1.29, 1.82) is 0 Å². The molecule has 5 heteroatoms. The Bertz CT molecular complexity index is 257. The van der Waals surface area contributed by atoms with Crippen LogP contribution in [-0.2, 0) is 9.53 Å². The van der Waals surface area contributed by atoms with Crippen molar-refractivity contribution in [3.8, 4) is 0 Å². The highest BCUT2D eigenvalue weighted by molar-refractivity contribution is 7.99. The van der Waals surface area contributed by atoms with E-state index in [-0.39, 0.29) is 18.1 Å². The molecule has 2 heterocycles. The molecule has 0 radical (unpaired) electrons. The van der Waals surface area contributed by atoms with Crippen LogP contribution in [0.4, 0.5) is 0 Å². The van der Waals surface area contributed by atoms with Crippen molar-refractivity contribution in [2.24, 2.45) is 5.92 Å². The third-order valence-electron chi connectivity index (χ3n) is 3.65. The van der Waals surface area contributed by atoms with Gasteiger partial charge in [-0.15, -0.1) is 0 Å². The summed E-state index contributed by atoms with van der Waals surface area (Å²) in [5.74, 6) is 3.31. The first-order chi connectivity index (χ1) is 8.29. The van der Waals surface area contributed by atoms with Gasteiger partial charge in [0.1, 0.15) is 0 Å². The largest absolute Gasteiger partial charge is 0.380 e. The van der Waals surface area contributed by atoms with Gasteiger partial charge in [0, 0.05) is 20.2 Å². The molecule has 2 N–H and O–H groups in total.